The third kappa shape index (κ3) is 4.36. The first-order chi connectivity index (χ1) is 12.5. The first kappa shape index (κ1) is 18.3. The van der Waals surface area contributed by atoms with E-state index in [1.807, 2.05) is 35.4 Å². The summed E-state index contributed by atoms with van der Waals surface area (Å²) in [7, 11) is 0. The second-order valence-electron chi connectivity index (χ2n) is 7.32. The Morgan fingerprint density at radius 1 is 1.12 bits per heavy atom. The molecule has 1 aliphatic heterocycles. The van der Waals surface area contributed by atoms with Crippen LogP contribution in [0.15, 0.2) is 30.5 Å². The molecule has 2 aromatic rings. The predicted octanol–water partition coefficient (Wildman–Crippen LogP) is 2.61. The Balaban J connectivity index is 1.48. The zero-order chi connectivity index (χ0) is 18.5. The molecule has 3 rings (SSSR count). The largest absolute Gasteiger partial charge is 0.361 e. The zero-order valence-corrected chi connectivity index (χ0v) is 15.6. The van der Waals surface area contributed by atoms with Gasteiger partial charge in [0.1, 0.15) is 0 Å². The molecule has 1 aromatic carbocycles. The van der Waals surface area contributed by atoms with E-state index in [0.29, 0.717) is 45.1 Å². The summed E-state index contributed by atoms with van der Waals surface area (Å²) in [6, 6.07) is 8.00. The van der Waals surface area contributed by atoms with Crippen molar-refractivity contribution >= 4 is 22.8 Å². The smallest absolute Gasteiger partial charge is 0.317 e. The molecule has 0 bridgehead atoms. The number of carbonyl (C=O) groups excluding carboxylic acids is 2. The van der Waals surface area contributed by atoms with Crippen LogP contribution in [0.2, 0.25) is 0 Å². The average molecular weight is 356 g/mol. The van der Waals surface area contributed by atoms with Gasteiger partial charge in [-0.05, 0) is 24.0 Å². The lowest BCUT2D eigenvalue weighted by Gasteiger charge is -2.34. The first-order valence-corrected chi connectivity index (χ1v) is 9.40. The van der Waals surface area contributed by atoms with E-state index in [1.165, 1.54) is 0 Å². The van der Waals surface area contributed by atoms with Gasteiger partial charge in [0, 0.05) is 49.8 Å². The fourth-order valence-corrected chi connectivity index (χ4v) is 3.29. The normalized spacial score (nSPS) is 14.9. The van der Waals surface area contributed by atoms with Gasteiger partial charge in [-0.3, -0.25) is 4.79 Å². The van der Waals surface area contributed by atoms with E-state index in [9.17, 15) is 9.59 Å². The van der Waals surface area contributed by atoms with Gasteiger partial charge in [-0.25, -0.2) is 4.79 Å². The van der Waals surface area contributed by atoms with Crippen LogP contribution >= 0.6 is 0 Å². The van der Waals surface area contributed by atoms with Crippen molar-refractivity contribution in [1.29, 1.82) is 0 Å². The zero-order valence-electron chi connectivity index (χ0n) is 15.6. The second kappa shape index (κ2) is 8.25. The lowest BCUT2D eigenvalue weighted by atomic mass is 10.1. The highest BCUT2D eigenvalue weighted by atomic mass is 16.2. The standard InChI is InChI=1S/C20H28N4O2/c1-15(2)7-8-21-20(26)24-11-9-23(10-12-24)19(25)13-16-14-22-18-6-4-3-5-17(16)18/h3-6,14-15,22H,7-13H2,1-2H3,(H,21,26). The topological polar surface area (TPSA) is 68.4 Å². The van der Waals surface area contributed by atoms with Crippen molar-refractivity contribution in [2.75, 3.05) is 32.7 Å². The maximum Gasteiger partial charge on any atom is 0.317 e. The molecule has 1 aromatic heterocycles. The molecule has 1 aliphatic rings. The number of urea groups is 1. The number of aromatic amines is 1. The quantitative estimate of drug-likeness (QED) is 0.865. The van der Waals surface area contributed by atoms with Crippen LogP contribution < -0.4 is 5.32 Å². The fourth-order valence-electron chi connectivity index (χ4n) is 3.29. The number of H-pyrrole nitrogens is 1. The molecule has 3 amide bonds. The molecule has 0 spiro atoms. The number of fused-ring (bicyclic) bond motifs is 1. The van der Waals surface area contributed by atoms with E-state index in [0.717, 1.165) is 22.9 Å². The molecular formula is C20H28N4O2. The molecule has 26 heavy (non-hydrogen) atoms. The van der Waals surface area contributed by atoms with Crippen LogP contribution in [0.1, 0.15) is 25.8 Å². The number of hydrogen-bond donors (Lipinski definition) is 2. The maximum atomic E-state index is 12.6. The molecule has 140 valence electrons. The van der Waals surface area contributed by atoms with E-state index < -0.39 is 0 Å². The average Bonchev–Trinajstić information content (AvgIpc) is 3.04. The molecule has 0 aliphatic carbocycles. The minimum absolute atomic E-state index is 0.0191. The molecule has 0 radical (unpaired) electrons. The van der Waals surface area contributed by atoms with Crippen molar-refractivity contribution < 1.29 is 9.59 Å². The van der Waals surface area contributed by atoms with Crippen molar-refractivity contribution in [3.63, 3.8) is 0 Å². The van der Waals surface area contributed by atoms with E-state index in [-0.39, 0.29) is 11.9 Å². The number of para-hydroxylation sites is 1. The minimum Gasteiger partial charge on any atom is -0.361 e. The molecule has 6 nitrogen and oxygen atoms in total. The number of nitrogens with one attached hydrogen (secondary N) is 2. The summed E-state index contributed by atoms with van der Waals surface area (Å²) in [5, 5.41) is 4.06. The lowest BCUT2D eigenvalue weighted by molar-refractivity contribution is -0.131. The number of rotatable bonds is 5. The van der Waals surface area contributed by atoms with E-state index in [1.54, 1.807) is 4.90 Å². The van der Waals surface area contributed by atoms with Crippen LogP contribution in [0.5, 0.6) is 0 Å². The van der Waals surface area contributed by atoms with Gasteiger partial charge in [-0.2, -0.15) is 0 Å². The Morgan fingerprint density at radius 2 is 1.81 bits per heavy atom. The monoisotopic (exact) mass is 356 g/mol. The molecule has 2 heterocycles. The SMILES string of the molecule is CC(C)CCNC(=O)N1CCN(C(=O)Cc2c[nH]c3ccccc23)CC1. The van der Waals surface area contributed by atoms with Crippen molar-refractivity contribution in [3.8, 4) is 0 Å². The van der Waals surface area contributed by atoms with Crippen LogP contribution in [0, 0.1) is 5.92 Å². The van der Waals surface area contributed by atoms with Gasteiger partial charge in [0.25, 0.3) is 0 Å². The summed E-state index contributed by atoms with van der Waals surface area (Å²) >= 11 is 0. The highest BCUT2D eigenvalue weighted by Gasteiger charge is 2.24. The summed E-state index contributed by atoms with van der Waals surface area (Å²) in [4.78, 5) is 31.7. The number of amides is 3. The summed E-state index contributed by atoms with van der Waals surface area (Å²) in [6.45, 7) is 7.36. The van der Waals surface area contributed by atoms with Gasteiger partial charge in [0.2, 0.25) is 5.91 Å². The lowest BCUT2D eigenvalue weighted by Crippen LogP contribution is -2.53. The van der Waals surface area contributed by atoms with Crippen LogP contribution in [0.4, 0.5) is 4.79 Å². The van der Waals surface area contributed by atoms with Crippen molar-refractivity contribution in [1.82, 2.24) is 20.1 Å². The second-order valence-corrected chi connectivity index (χ2v) is 7.32. The number of benzene rings is 1. The molecule has 0 unspecified atom stereocenters. The molecule has 2 N–H and O–H groups in total. The fraction of sp³-hybridized carbons (Fsp3) is 0.500. The van der Waals surface area contributed by atoms with Gasteiger partial charge in [-0.15, -0.1) is 0 Å². The molecule has 6 heteroatoms. The van der Waals surface area contributed by atoms with Gasteiger partial charge in [0.15, 0.2) is 0 Å². The predicted molar refractivity (Wildman–Crippen MR) is 103 cm³/mol. The number of aromatic nitrogens is 1. The summed E-state index contributed by atoms with van der Waals surface area (Å²) in [6.07, 6.45) is 3.29. The molecular weight excluding hydrogens is 328 g/mol. The van der Waals surface area contributed by atoms with Crippen LogP contribution in [-0.2, 0) is 11.2 Å². The number of piperazine rings is 1. The summed E-state index contributed by atoms with van der Waals surface area (Å²) in [5.41, 5.74) is 2.08. The van der Waals surface area contributed by atoms with Crippen LogP contribution in [0.25, 0.3) is 10.9 Å². The van der Waals surface area contributed by atoms with Gasteiger partial charge < -0.3 is 20.1 Å². The Kier molecular flexibility index (Phi) is 5.81. The third-order valence-electron chi connectivity index (χ3n) is 4.93. The van der Waals surface area contributed by atoms with E-state index >= 15 is 0 Å². The molecule has 1 saturated heterocycles. The van der Waals surface area contributed by atoms with Crippen molar-refractivity contribution in [3.05, 3.63) is 36.0 Å². The Morgan fingerprint density at radius 3 is 2.54 bits per heavy atom. The summed E-state index contributed by atoms with van der Waals surface area (Å²) < 4.78 is 0. The Hall–Kier alpha value is -2.50. The van der Waals surface area contributed by atoms with E-state index in [2.05, 4.69) is 24.1 Å². The number of carbonyl (C=O) groups is 2. The highest BCUT2D eigenvalue weighted by Crippen LogP contribution is 2.19. The van der Waals surface area contributed by atoms with Crippen LogP contribution in [-0.4, -0.2) is 59.4 Å². The molecule has 0 atom stereocenters. The van der Waals surface area contributed by atoms with Gasteiger partial charge in [0.05, 0.1) is 6.42 Å². The van der Waals surface area contributed by atoms with Crippen molar-refractivity contribution in [2.24, 2.45) is 5.92 Å². The number of hydrogen-bond acceptors (Lipinski definition) is 2. The van der Waals surface area contributed by atoms with Crippen molar-refractivity contribution in [2.45, 2.75) is 26.7 Å². The highest BCUT2D eigenvalue weighted by molar-refractivity contribution is 5.89. The Bertz CT molecular complexity index is 760. The van der Waals surface area contributed by atoms with Crippen LogP contribution in [0.3, 0.4) is 0 Å². The number of nitrogens with zero attached hydrogens (tertiary/aromatic N) is 2. The first-order valence-electron chi connectivity index (χ1n) is 9.40. The molecule has 0 saturated carbocycles. The van der Waals surface area contributed by atoms with Gasteiger partial charge >= 0.3 is 6.03 Å². The maximum absolute atomic E-state index is 12.6. The van der Waals surface area contributed by atoms with E-state index in [4.69, 9.17) is 0 Å². The van der Waals surface area contributed by atoms with Gasteiger partial charge in [-0.1, -0.05) is 32.0 Å². The third-order valence-corrected chi connectivity index (χ3v) is 4.93. The summed E-state index contributed by atoms with van der Waals surface area (Å²) in [5.74, 6) is 0.698. The minimum atomic E-state index is -0.0191. The Labute approximate surface area is 154 Å². The molecule has 1 fully saturated rings.